The van der Waals surface area contributed by atoms with Gasteiger partial charge in [-0.25, -0.2) is 9.78 Å². The number of amides is 2. The Bertz CT molecular complexity index is 577. The van der Waals surface area contributed by atoms with Gasteiger partial charge in [0.25, 0.3) is 0 Å². The largest absolute Gasteiger partial charge is 0.378 e. The van der Waals surface area contributed by atoms with Gasteiger partial charge in [0.2, 0.25) is 0 Å². The van der Waals surface area contributed by atoms with E-state index in [0.29, 0.717) is 6.54 Å². The smallest absolute Gasteiger partial charge is 0.319 e. The standard InChI is InChI=1S/C14H18N4OS/c1-10-9-20-13(16-10)8-15-14(19)17-11-4-6-12(7-5-11)18(2)3/h4-7,9H,8H2,1-3H3,(H2,15,17,19). The van der Waals surface area contributed by atoms with E-state index >= 15 is 0 Å². The number of nitrogens with zero attached hydrogens (tertiary/aromatic N) is 2. The maximum Gasteiger partial charge on any atom is 0.319 e. The van der Waals surface area contributed by atoms with E-state index in [-0.39, 0.29) is 6.03 Å². The van der Waals surface area contributed by atoms with Crippen LogP contribution >= 0.6 is 11.3 Å². The number of anilines is 2. The van der Waals surface area contributed by atoms with Gasteiger partial charge in [-0.05, 0) is 31.2 Å². The summed E-state index contributed by atoms with van der Waals surface area (Å²) < 4.78 is 0. The second-order valence-electron chi connectivity index (χ2n) is 4.63. The highest BCUT2D eigenvalue weighted by Gasteiger charge is 2.04. The highest BCUT2D eigenvalue weighted by Crippen LogP contribution is 2.15. The molecule has 0 aliphatic rings. The molecule has 0 atom stereocenters. The Labute approximate surface area is 122 Å². The van der Waals surface area contributed by atoms with Crippen LogP contribution in [-0.4, -0.2) is 25.1 Å². The van der Waals surface area contributed by atoms with Crippen molar-refractivity contribution in [1.82, 2.24) is 10.3 Å². The van der Waals surface area contributed by atoms with Crippen molar-refractivity contribution in [1.29, 1.82) is 0 Å². The van der Waals surface area contributed by atoms with E-state index in [1.807, 2.05) is 55.6 Å². The van der Waals surface area contributed by atoms with Crippen LogP contribution < -0.4 is 15.5 Å². The molecule has 0 aliphatic carbocycles. The molecule has 2 N–H and O–H groups in total. The van der Waals surface area contributed by atoms with Crippen molar-refractivity contribution >= 4 is 28.7 Å². The van der Waals surface area contributed by atoms with Crippen LogP contribution in [0.15, 0.2) is 29.6 Å². The fraction of sp³-hybridized carbons (Fsp3) is 0.286. The van der Waals surface area contributed by atoms with Crippen LogP contribution in [0.4, 0.5) is 16.2 Å². The van der Waals surface area contributed by atoms with Gasteiger partial charge in [0.1, 0.15) is 5.01 Å². The fourth-order valence-electron chi connectivity index (χ4n) is 1.66. The Morgan fingerprint density at radius 1 is 1.30 bits per heavy atom. The predicted molar refractivity (Wildman–Crippen MR) is 83.5 cm³/mol. The van der Waals surface area contributed by atoms with E-state index in [0.717, 1.165) is 22.1 Å². The van der Waals surface area contributed by atoms with Gasteiger partial charge in [-0.15, -0.1) is 11.3 Å². The van der Waals surface area contributed by atoms with Crippen LogP contribution in [-0.2, 0) is 6.54 Å². The monoisotopic (exact) mass is 290 g/mol. The van der Waals surface area contributed by atoms with Crippen molar-refractivity contribution in [2.75, 3.05) is 24.3 Å². The number of nitrogens with one attached hydrogen (secondary N) is 2. The lowest BCUT2D eigenvalue weighted by atomic mass is 10.2. The molecule has 0 fully saturated rings. The first-order valence-corrected chi connectivity index (χ1v) is 7.16. The quantitative estimate of drug-likeness (QED) is 0.910. The second kappa shape index (κ2) is 6.38. The van der Waals surface area contributed by atoms with Crippen molar-refractivity contribution in [3.05, 3.63) is 40.3 Å². The Kier molecular flexibility index (Phi) is 4.57. The topological polar surface area (TPSA) is 57.3 Å². The van der Waals surface area contributed by atoms with E-state index in [9.17, 15) is 4.79 Å². The van der Waals surface area contributed by atoms with Crippen LogP contribution in [0.2, 0.25) is 0 Å². The number of thiazole rings is 1. The first kappa shape index (κ1) is 14.3. The van der Waals surface area contributed by atoms with E-state index in [2.05, 4.69) is 15.6 Å². The summed E-state index contributed by atoms with van der Waals surface area (Å²) in [7, 11) is 3.95. The highest BCUT2D eigenvalue weighted by molar-refractivity contribution is 7.09. The van der Waals surface area contributed by atoms with Gasteiger partial charge in [0.05, 0.1) is 6.54 Å². The molecule has 0 saturated carbocycles. The number of hydrogen-bond donors (Lipinski definition) is 2. The Balaban J connectivity index is 1.84. The molecule has 1 aromatic heterocycles. The molecule has 0 spiro atoms. The summed E-state index contributed by atoms with van der Waals surface area (Å²) in [5.41, 5.74) is 2.84. The fourth-order valence-corrected chi connectivity index (χ4v) is 2.37. The maximum atomic E-state index is 11.8. The third-order valence-corrected chi connectivity index (χ3v) is 3.67. The predicted octanol–water partition coefficient (Wildman–Crippen LogP) is 2.84. The molecule has 0 bridgehead atoms. The minimum atomic E-state index is -0.226. The molecule has 5 nitrogen and oxygen atoms in total. The van der Waals surface area contributed by atoms with Crippen molar-refractivity contribution in [2.45, 2.75) is 13.5 Å². The van der Waals surface area contributed by atoms with Crippen molar-refractivity contribution < 1.29 is 4.79 Å². The van der Waals surface area contributed by atoms with Crippen LogP contribution in [0.5, 0.6) is 0 Å². The summed E-state index contributed by atoms with van der Waals surface area (Å²) >= 11 is 1.54. The van der Waals surface area contributed by atoms with Crippen molar-refractivity contribution in [2.24, 2.45) is 0 Å². The van der Waals surface area contributed by atoms with Crippen LogP contribution in [0.1, 0.15) is 10.7 Å². The van der Waals surface area contributed by atoms with Crippen molar-refractivity contribution in [3.63, 3.8) is 0 Å². The first-order chi connectivity index (χ1) is 9.54. The van der Waals surface area contributed by atoms with Gasteiger partial charge >= 0.3 is 6.03 Å². The summed E-state index contributed by atoms with van der Waals surface area (Å²) in [5.74, 6) is 0. The van der Waals surface area contributed by atoms with Crippen LogP contribution in [0.3, 0.4) is 0 Å². The van der Waals surface area contributed by atoms with E-state index in [1.54, 1.807) is 11.3 Å². The van der Waals surface area contributed by atoms with Gasteiger partial charge in [0.15, 0.2) is 0 Å². The SMILES string of the molecule is Cc1csc(CNC(=O)Nc2ccc(N(C)C)cc2)n1. The van der Waals surface area contributed by atoms with E-state index in [4.69, 9.17) is 0 Å². The molecule has 1 aromatic carbocycles. The number of rotatable bonds is 4. The summed E-state index contributed by atoms with van der Waals surface area (Å²) in [6.45, 7) is 2.38. The normalized spacial score (nSPS) is 10.2. The second-order valence-corrected chi connectivity index (χ2v) is 5.57. The van der Waals surface area contributed by atoms with Gasteiger partial charge in [-0.2, -0.15) is 0 Å². The Morgan fingerprint density at radius 2 is 2.00 bits per heavy atom. The molecule has 2 rings (SSSR count). The zero-order valence-corrected chi connectivity index (χ0v) is 12.6. The Hall–Kier alpha value is -2.08. The summed E-state index contributed by atoms with van der Waals surface area (Å²) in [6.07, 6.45) is 0. The Morgan fingerprint density at radius 3 is 2.55 bits per heavy atom. The van der Waals surface area contributed by atoms with Gasteiger partial charge in [0, 0.05) is 36.5 Å². The van der Waals surface area contributed by atoms with E-state index in [1.165, 1.54) is 0 Å². The number of hydrogen-bond acceptors (Lipinski definition) is 4. The molecule has 0 radical (unpaired) electrons. The third-order valence-electron chi connectivity index (χ3n) is 2.71. The highest BCUT2D eigenvalue weighted by atomic mass is 32.1. The van der Waals surface area contributed by atoms with Crippen molar-refractivity contribution in [3.8, 4) is 0 Å². The summed E-state index contributed by atoms with van der Waals surface area (Å²) in [4.78, 5) is 18.1. The number of carbonyl (C=O) groups excluding carboxylic acids is 1. The first-order valence-electron chi connectivity index (χ1n) is 6.28. The van der Waals surface area contributed by atoms with Crippen LogP contribution in [0, 0.1) is 6.92 Å². The molecule has 2 aromatic rings. The molecule has 106 valence electrons. The molecule has 0 aliphatic heterocycles. The number of aryl methyl sites for hydroxylation is 1. The average molecular weight is 290 g/mol. The molecule has 20 heavy (non-hydrogen) atoms. The average Bonchev–Trinajstić information content (AvgIpc) is 2.83. The molecule has 6 heteroatoms. The zero-order valence-electron chi connectivity index (χ0n) is 11.8. The molecular formula is C14H18N4OS. The lowest BCUT2D eigenvalue weighted by Gasteiger charge is -2.13. The van der Waals surface area contributed by atoms with Gasteiger partial charge in [-0.3, -0.25) is 0 Å². The minimum absolute atomic E-state index is 0.226. The number of aromatic nitrogens is 1. The van der Waals surface area contributed by atoms with Gasteiger partial charge in [-0.1, -0.05) is 0 Å². The molecule has 0 saturated heterocycles. The number of benzene rings is 1. The molecule has 2 amide bonds. The molecule has 1 heterocycles. The van der Waals surface area contributed by atoms with Crippen LogP contribution in [0.25, 0.3) is 0 Å². The number of urea groups is 1. The van der Waals surface area contributed by atoms with Gasteiger partial charge < -0.3 is 15.5 Å². The molecule has 0 unspecified atom stereocenters. The summed E-state index contributed by atoms with van der Waals surface area (Å²) in [6, 6.07) is 7.44. The van der Waals surface area contributed by atoms with E-state index < -0.39 is 0 Å². The molecular weight excluding hydrogens is 272 g/mol. The summed E-state index contributed by atoms with van der Waals surface area (Å²) in [5, 5.41) is 8.45. The lowest BCUT2D eigenvalue weighted by Crippen LogP contribution is -2.28. The maximum absolute atomic E-state index is 11.8. The lowest BCUT2D eigenvalue weighted by molar-refractivity contribution is 0.251. The number of carbonyl (C=O) groups is 1. The minimum Gasteiger partial charge on any atom is -0.378 e. The third kappa shape index (κ3) is 3.96. The zero-order chi connectivity index (χ0) is 14.5.